The molecule has 2 N–H and O–H groups in total. The van der Waals surface area contributed by atoms with Crippen LogP contribution >= 0.6 is 0 Å². The highest BCUT2D eigenvalue weighted by molar-refractivity contribution is 7.81. The van der Waals surface area contributed by atoms with Gasteiger partial charge in [-0.3, -0.25) is 14.4 Å². The third-order valence-corrected chi connectivity index (χ3v) is 5.93. The van der Waals surface area contributed by atoms with Crippen LogP contribution in [0.15, 0.2) is 0 Å². The van der Waals surface area contributed by atoms with Crippen LogP contribution in [0, 0.1) is 5.41 Å². The molecule has 2 bridgehead atoms. The summed E-state index contributed by atoms with van der Waals surface area (Å²) in [7, 11) is -3.19. The van der Waals surface area contributed by atoms with Crippen LogP contribution in [0.2, 0.25) is 0 Å². The molecule has 0 saturated carbocycles. The molecule has 0 aromatic heterocycles. The SMILES string of the molecule is CCCCC(=O)OC.CCOC(=O)C(C)(C)COS(=O)(=O)ON1C(=O)N2C[C@H]1CC[C@H]2C(N)=O. The van der Waals surface area contributed by atoms with Gasteiger partial charge in [0.05, 0.1) is 31.8 Å². The Morgan fingerprint density at radius 3 is 2.35 bits per heavy atom. The molecule has 0 unspecified atom stereocenters. The Morgan fingerprint density at radius 2 is 1.82 bits per heavy atom. The van der Waals surface area contributed by atoms with Crippen molar-refractivity contribution in [1.29, 1.82) is 0 Å². The van der Waals surface area contributed by atoms with Crippen molar-refractivity contribution >= 4 is 34.3 Å². The zero-order valence-corrected chi connectivity index (χ0v) is 21.1. The molecule has 196 valence electrons. The lowest BCUT2D eigenvalue weighted by molar-refractivity contribution is -0.155. The van der Waals surface area contributed by atoms with E-state index >= 15 is 0 Å². The number of nitrogens with two attached hydrogens (primary N) is 1. The van der Waals surface area contributed by atoms with Gasteiger partial charge in [-0.05, 0) is 40.0 Å². The first-order valence-electron chi connectivity index (χ1n) is 11.0. The van der Waals surface area contributed by atoms with Crippen molar-refractivity contribution in [2.24, 2.45) is 11.1 Å². The normalized spacial score (nSPS) is 19.9. The van der Waals surface area contributed by atoms with Crippen LogP contribution in [0.25, 0.3) is 0 Å². The Bertz CT molecular complexity index is 846. The number of amides is 3. The maximum absolute atomic E-state index is 12.3. The summed E-state index contributed by atoms with van der Waals surface area (Å²) in [5, 5.41) is 0.676. The molecule has 0 aromatic carbocycles. The summed E-state index contributed by atoms with van der Waals surface area (Å²) >= 11 is 0. The summed E-state index contributed by atoms with van der Waals surface area (Å²) in [5.74, 6) is -1.39. The fourth-order valence-electron chi connectivity index (χ4n) is 3.17. The molecule has 2 aliphatic rings. The van der Waals surface area contributed by atoms with Gasteiger partial charge in [0.1, 0.15) is 6.04 Å². The molecule has 0 aliphatic carbocycles. The number of carbonyl (C=O) groups excluding carboxylic acids is 4. The summed E-state index contributed by atoms with van der Waals surface area (Å²) in [4.78, 5) is 47.0. The molecule has 2 atom stereocenters. The van der Waals surface area contributed by atoms with Gasteiger partial charge in [-0.1, -0.05) is 13.3 Å². The number of esters is 2. The summed E-state index contributed by atoms with van der Waals surface area (Å²) in [5.41, 5.74) is 4.03. The predicted octanol–water partition coefficient (Wildman–Crippen LogP) is 0.872. The van der Waals surface area contributed by atoms with E-state index < -0.39 is 52.4 Å². The van der Waals surface area contributed by atoms with E-state index in [0.29, 0.717) is 24.3 Å². The van der Waals surface area contributed by atoms with Crippen LogP contribution in [-0.4, -0.2) is 81.2 Å². The first-order chi connectivity index (χ1) is 15.8. The second-order valence-corrected chi connectivity index (χ2v) is 9.64. The van der Waals surface area contributed by atoms with Crippen molar-refractivity contribution in [2.45, 2.75) is 71.9 Å². The molecule has 0 radical (unpaired) electrons. The minimum Gasteiger partial charge on any atom is -0.469 e. The largest absolute Gasteiger partial charge is 0.469 e. The number of methoxy groups -OCH3 is 1. The van der Waals surface area contributed by atoms with Gasteiger partial charge in [0.15, 0.2) is 0 Å². The van der Waals surface area contributed by atoms with Crippen molar-refractivity contribution in [3.8, 4) is 0 Å². The topological polar surface area (TPSA) is 172 Å². The molecular weight excluding hydrogens is 474 g/mol. The number of unbranched alkanes of at least 4 members (excludes halogenated alkanes) is 1. The highest BCUT2D eigenvalue weighted by Gasteiger charge is 2.49. The average molecular weight is 510 g/mol. The molecule has 3 amide bonds. The van der Waals surface area contributed by atoms with E-state index in [4.69, 9.17) is 18.9 Å². The standard InChI is InChI=1S/C14H23N3O8S.C6H12O2/c1-4-23-12(19)14(2,3)8-24-26(21,22)25-17-9-5-6-10(11(15)18)16(7-9)13(17)20;1-3-4-5-6(7)8-2/h9-10H,4-8H2,1-3H3,(H2,15,18);3-5H2,1-2H3/t9-,10+;/m1./s1. The maximum Gasteiger partial charge on any atom is 0.421 e. The van der Waals surface area contributed by atoms with Gasteiger partial charge in [0.25, 0.3) is 0 Å². The summed E-state index contributed by atoms with van der Waals surface area (Å²) in [6.45, 7) is 6.34. The Balaban J connectivity index is 0.000000620. The fourth-order valence-corrected chi connectivity index (χ4v) is 4.04. The molecule has 2 aliphatic heterocycles. The third kappa shape index (κ3) is 8.40. The van der Waals surface area contributed by atoms with Crippen molar-refractivity contribution in [1.82, 2.24) is 9.96 Å². The van der Waals surface area contributed by atoms with Crippen LogP contribution in [0.3, 0.4) is 0 Å². The lowest BCUT2D eigenvalue weighted by Crippen LogP contribution is -2.47. The number of hydrogen-bond acceptors (Lipinski definition) is 10. The molecule has 2 heterocycles. The fraction of sp³-hybridized carbons (Fsp3) is 0.800. The number of carbonyl (C=O) groups is 4. The Kier molecular flexibility index (Phi) is 11.2. The first-order valence-corrected chi connectivity index (χ1v) is 12.3. The van der Waals surface area contributed by atoms with E-state index in [0.717, 1.165) is 12.8 Å². The molecule has 0 aromatic rings. The second-order valence-electron chi connectivity index (χ2n) is 8.44. The van der Waals surface area contributed by atoms with Gasteiger partial charge in [0, 0.05) is 13.0 Å². The number of piperidine rings is 1. The molecule has 2 rings (SSSR count). The van der Waals surface area contributed by atoms with Gasteiger partial charge < -0.3 is 20.1 Å². The van der Waals surface area contributed by atoms with Gasteiger partial charge in [-0.25, -0.2) is 8.98 Å². The number of ether oxygens (including phenoxy) is 2. The van der Waals surface area contributed by atoms with Crippen LogP contribution in [0.4, 0.5) is 4.79 Å². The smallest absolute Gasteiger partial charge is 0.421 e. The second kappa shape index (κ2) is 12.9. The van der Waals surface area contributed by atoms with E-state index in [1.165, 1.54) is 25.9 Å². The Hall–Kier alpha value is -2.45. The monoisotopic (exact) mass is 509 g/mol. The number of nitrogens with zero attached hydrogens (tertiary/aromatic N) is 2. The van der Waals surface area contributed by atoms with E-state index in [-0.39, 0.29) is 19.1 Å². The number of hydrogen-bond donors (Lipinski definition) is 1. The number of rotatable bonds is 11. The summed E-state index contributed by atoms with van der Waals surface area (Å²) in [6, 6.07) is -2.10. The predicted molar refractivity (Wildman–Crippen MR) is 118 cm³/mol. The average Bonchev–Trinajstić information content (AvgIpc) is 3.00. The minimum atomic E-state index is -4.60. The van der Waals surface area contributed by atoms with E-state index in [9.17, 15) is 27.6 Å². The van der Waals surface area contributed by atoms with Crippen LogP contribution in [-0.2, 0) is 42.7 Å². The molecule has 2 saturated heterocycles. The van der Waals surface area contributed by atoms with Gasteiger partial charge in [-0.2, -0.15) is 13.5 Å². The zero-order valence-electron chi connectivity index (χ0n) is 20.3. The van der Waals surface area contributed by atoms with Gasteiger partial charge in [0.2, 0.25) is 5.91 Å². The van der Waals surface area contributed by atoms with Gasteiger partial charge >= 0.3 is 28.4 Å². The molecule has 2 fully saturated rings. The van der Waals surface area contributed by atoms with Crippen molar-refractivity contribution in [3.05, 3.63) is 0 Å². The van der Waals surface area contributed by atoms with Gasteiger partial charge in [-0.15, -0.1) is 4.28 Å². The minimum absolute atomic E-state index is 0.105. The van der Waals surface area contributed by atoms with Crippen molar-refractivity contribution in [2.75, 3.05) is 26.9 Å². The van der Waals surface area contributed by atoms with E-state index in [1.54, 1.807) is 6.92 Å². The lowest BCUT2D eigenvalue weighted by Gasteiger charge is -2.27. The summed E-state index contributed by atoms with van der Waals surface area (Å²) < 4.78 is 42.9. The molecule has 0 spiro atoms. The number of primary amides is 1. The van der Waals surface area contributed by atoms with Crippen LogP contribution in [0.5, 0.6) is 0 Å². The molecule has 34 heavy (non-hydrogen) atoms. The molecular formula is C20H35N3O10S. The number of urea groups is 1. The highest BCUT2D eigenvalue weighted by Crippen LogP contribution is 2.31. The Morgan fingerprint density at radius 1 is 1.18 bits per heavy atom. The quantitative estimate of drug-likeness (QED) is 0.394. The van der Waals surface area contributed by atoms with E-state index in [1.807, 2.05) is 6.92 Å². The molecule has 13 nitrogen and oxygen atoms in total. The maximum atomic E-state index is 12.3. The molecule has 14 heteroatoms. The number of hydroxylamine groups is 2. The lowest BCUT2D eigenvalue weighted by atomic mass is 9.95. The third-order valence-electron chi connectivity index (χ3n) is 5.18. The number of fused-ring (bicyclic) bond motifs is 2. The first kappa shape index (κ1) is 29.6. The summed E-state index contributed by atoms with van der Waals surface area (Å²) in [6.07, 6.45) is 3.23. The van der Waals surface area contributed by atoms with Crippen molar-refractivity contribution < 1.29 is 45.5 Å². The Labute approximate surface area is 200 Å². The van der Waals surface area contributed by atoms with Crippen LogP contribution < -0.4 is 5.73 Å². The zero-order chi connectivity index (χ0) is 26.1. The van der Waals surface area contributed by atoms with Crippen LogP contribution in [0.1, 0.15) is 59.8 Å². The van der Waals surface area contributed by atoms with Crippen molar-refractivity contribution in [3.63, 3.8) is 0 Å². The van der Waals surface area contributed by atoms with E-state index in [2.05, 4.69) is 4.74 Å². The highest BCUT2D eigenvalue weighted by atomic mass is 32.3.